The Morgan fingerprint density at radius 2 is 1.00 bits per heavy atom. The van der Waals surface area contributed by atoms with Crippen molar-refractivity contribution >= 4 is 21.9 Å². The second-order valence-corrected chi connectivity index (χ2v) is 12.7. The first kappa shape index (κ1) is 26.6. The Hall–Kier alpha value is -5.80. The number of benzene rings is 5. The Bertz CT molecular complexity index is 2380. The van der Waals surface area contributed by atoms with Gasteiger partial charge < -0.3 is 4.42 Å². The first-order chi connectivity index (χ1) is 22.6. The molecule has 0 unspecified atom stereocenters. The van der Waals surface area contributed by atoms with E-state index in [2.05, 4.69) is 133 Å². The predicted octanol–water partition coefficient (Wildman–Crippen LogP) is 11.4. The summed E-state index contributed by atoms with van der Waals surface area (Å²) in [5.41, 5.74) is 15.9. The van der Waals surface area contributed by atoms with Gasteiger partial charge in [0.2, 0.25) is 0 Å². The maximum Gasteiger partial charge on any atom is 0.143 e. The molecule has 0 bridgehead atoms. The van der Waals surface area contributed by atoms with E-state index in [1.807, 2.05) is 36.9 Å². The monoisotopic (exact) mass is 590 g/mol. The third kappa shape index (κ3) is 4.05. The summed E-state index contributed by atoms with van der Waals surface area (Å²) in [5.74, 6) is 0. The molecule has 0 spiro atoms. The lowest BCUT2D eigenvalue weighted by molar-refractivity contribution is 0.660. The van der Waals surface area contributed by atoms with Crippen molar-refractivity contribution in [2.75, 3.05) is 0 Å². The van der Waals surface area contributed by atoms with Crippen LogP contribution in [0.4, 0.5) is 0 Å². The minimum Gasteiger partial charge on any atom is -0.455 e. The molecule has 0 fully saturated rings. The van der Waals surface area contributed by atoms with E-state index < -0.39 is 0 Å². The molecular weight excluding hydrogens is 560 g/mol. The highest BCUT2D eigenvalue weighted by Crippen LogP contribution is 2.50. The van der Waals surface area contributed by atoms with Gasteiger partial charge in [0.25, 0.3) is 0 Å². The number of hydrogen-bond donors (Lipinski definition) is 0. The van der Waals surface area contributed by atoms with Gasteiger partial charge in [-0.3, -0.25) is 9.97 Å². The Morgan fingerprint density at radius 1 is 0.435 bits per heavy atom. The van der Waals surface area contributed by atoms with Crippen molar-refractivity contribution in [2.45, 2.75) is 19.3 Å². The number of nitrogens with zero attached hydrogens (tertiary/aromatic N) is 2. The number of hydrogen-bond acceptors (Lipinski definition) is 3. The molecule has 46 heavy (non-hydrogen) atoms. The first-order valence-corrected chi connectivity index (χ1v) is 15.7. The minimum atomic E-state index is -0.0673. The number of pyridine rings is 2. The zero-order valence-corrected chi connectivity index (χ0v) is 25.7. The molecule has 218 valence electrons. The van der Waals surface area contributed by atoms with Crippen LogP contribution in [0.2, 0.25) is 0 Å². The van der Waals surface area contributed by atoms with Crippen LogP contribution in [0.1, 0.15) is 25.0 Å². The van der Waals surface area contributed by atoms with Gasteiger partial charge in [0.1, 0.15) is 11.2 Å². The molecule has 5 aromatic carbocycles. The molecular formula is C43H30N2O. The van der Waals surface area contributed by atoms with Gasteiger partial charge in [0.15, 0.2) is 0 Å². The van der Waals surface area contributed by atoms with Gasteiger partial charge in [-0.25, -0.2) is 0 Å². The van der Waals surface area contributed by atoms with Gasteiger partial charge in [-0.2, -0.15) is 0 Å². The average Bonchev–Trinajstić information content (AvgIpc) is 3.61. The highest BCUT2D eigenvalue weighted by molar-refractivity contribution is 6.13. The van der Waals surface area contributed by atoms with Crippen LogP contribution in [0.25, 0.3) is 77.6 Å². The lowest BCUT2D eigenvalue weighted by Crippen LogP contribution is -2.14. The Balaban J connectivity index is 1.23. The molecule has 0 atom stereocenters. The maximum absolute atomic E-state index is 6.92. The van der Waals surface area contributed by atoms with Crippen LogP contribution in [0.5, 0.6) is 0 Å². The van der Waals surface area contributed by atoms with Crippen LogP contribution in [-0.4, -0.2) is 9.97 Å². The average molecular weight is 591 g/mol. The molecule has 0 saturated carbocycles. The number of para-hydroxylation sites is 2. The molecule has 0 saturated heterocycles. The number of rotatable bonds is 4. The summed E-state index contributed by atoms with van der Waals surface area (Å²) in [7, 11) is 0. The summed E-state index contributed by atoms with van der Waals surface area (Å²) in [5, 5.41) is 2.23. The third-order valence-electron chi connectivity index (χ3n) is 9.65. The number of aromatic nitrogens is 2. The standard InChI is InChI=1S/C43H30N2O/c1-43(2)39-16-4-3-11-35(39)36-18-17-27(24-40(36)43)33-12-5-14-37-38-15-6-13-34(42(38)46-41(33)37)32-22-30(28-9-7-19-44-25-28)21-31(23-32)29-10-8-20-45-26-29/h3-26H,1-2H3. The van der Waals surface area contributed by atoms with E-state index in [1.54, 1.807) is 0 Å². The number of furan rings is 1. The van der Waals surface area contributed by atoms with Gasteiger partial charge in [-0.15, -0.1) is 0 Å². The molecule has 0 aliphatic heterocycles. The summed E-state index contributed by atoms with van der Waals surface area (Å²) >= 11 is 0. The van der Waals surface area contributed by atoms with Gasteiger partial charge >= 0.3 is 0 Å². The van der Waals surface area contributed by atoms with E-state index in [9.17, 15) is 0 Å². The Labute approximate surface area is 267 Å². The first-order valence-electron chi connectivity index (χ1n) is 15.7. The molecule has 1 aliphatic carbocycles. The molecule has 9 rings (SSSR count). The molecule has 3 heteroatoms. The Kier molecular flexibility index (Phi) is 5.85. The van der Waals surface area contributed by atoms with Crippen LogP contribution in [0, 0.1) is 0 Å². The molecule has 0 radical (unpaired) electrons. The highest BCUT2D eigenvalue weighted by atomic mass is 16.3. The van der Waals surface area contributed by atoms with E-state index in [0.29, 0.717) is 0 Å². The van der Waals surface area contributed by atoms with E-state index in [4.69, 9.17) is 4.42 Å². The van der Waals surface area contributed by atoms with E-state index in [-0.39, 0.29) is 5.41 Å². The van der Waals surface area contributed by atoms with Crippen LogP contribution >= 0.6 is 0 Å². The molecule has 3 heterocycles. The van der Waals surface area contributed by atoms with Crippen LogP contribution in [0.15, 0.2) is 151 Å². The SMILES string of the molecule is CC1(C)c2ccccc2-c2ccc(-c3cccc4c3oc3c(-c5cc(-c6cccnc6)cc(-c6cccnc6)c5)cccc34)cc21. The summed E-state index contributed by atoms with van der Waals surface area (Å²) < 4.78 is 6.92. The molecule has 1 aliphatic rings. The van der Waals surface area contributed by atoms with Crippen molar-refractivity contribution in [3.63, 3.8) is 0 Å². The zero-order chi connectivity index (χ0) is 30.8. The molecule has 3 aromatic heterocycles. The van der Waals surface area contributed by atoms with Crippen molar-refractivity contribution in [3.8, 4) is 55.6 Å². The minimum absolute atomic E-state index is 0.0673. The lowest BCUT2D eigenvalue weighted by Gasteiger charge is -2.22. The number of fused-ring (bicyclic) bond motifs is 6. The van der Waals surface area contributed by atoms with Gasteiger partial charge in [0.05, 0.1) is 0 Å². The summed E-state index contributed by atoms with van der Waals surface area (Å²) in [6, 6.07) is 43.5. The fraction of sp³-hybridized carbons (Fsp3) is 0.0698. The molecule has 3 nitrogen and oxygen atoms in total. The molecule has 0 N–H and O–H groups in total. The quantitative estimate of drug-likeness (QED) is 0.205. The van der Waals surface area contributed by atoms with Crippen LogP contribution in [-0.2, 0) is 5.41 Å². The van der Waals surface area contributed by atoms with Crippen LogP contribution < -0.4 is 0 Å². The highest BCUT2D eigenvalue weighted by Gasteiger charge is 2.35. The fourth-order valence-corrected chi connectivity index (χ4v) is 7.33. The zero-order valence-electron chi connectivity index (χ0n) is 25.7. The van der Waals surface area contributed by atoms with E-state index in [0.717, 1.165) is 60.9 Å². The van der Waals surface area contributed by atoms with Crippen LogP contribution in [0.3, 0.4) is 0 Å². The smallest absolute Gasteiger partial charge is 0.143 e. The second kappa shape index (κ2) is 10.1. The molecule has 8 aromatic rings. The maximum atomic E-state index is 6.92. The van der Waals surface area contributed by atoms with Crippen molar-refractivity contribution in [1.82, 2.24) is 9.97 Å². The third-order valence-corrected chi connectivity index (χ3v) is 9.65. The van der Waals surface area contributed by atoms with Gasteiger partial charge in [-0.05, 0) is 80.9 Å². The summed E-state index contributed by atoms with van der Waals surface area (Å²) in [4.78, 5) is 8.79. The van der Waals surface area contributed by atoms with Crippen molar-refractivity contribution in [1.29, 1.82) is 0 Å². The normalized spacial score (nSPS) is 13.2. The molecule has 0 amide bonds. The predicted molar refractivity (Wildman–Crippen MR) is 189 cm³/mol. The van der Waals surface area contributed by atoms with Crippen molar-refractivity contribution < 1.29 is 4.42 Å². The summed E-state index contributed by atoms with van der Waals surface area (Å²) in [6.07, 6.45) is 7.44. The Morgan fingerprint density at radius 3 is 1.63 bits per heavy atom. The lowest BCUT2D eigenvalue weighted by atomic mass is 9.81. The summed E-state index contributed by atoms with van der Waals surface area (Å²) in [6.45, 7) is 4.66. The van der Waals surface area contributed by atoms with E-state index >= 15 is 0 Å². The largest absolute Gasteiger partial charge is 0.455 e. The topological polar surface area (TPSA) is 38.9 Å². The fourth-order valence-electron chi connectivity index (χ4n) is 7.33. The van der Waals surface area contributed by atoms with Gasteiger partial charge in [-0.1, -0.05) is 98.8 Å². The van der Waals surface area contributed by atoms with E-state index in [1.165, 1.54) is 27.8 Å². The second-order valence-electron chi connectivity index (χ2n) is 12.7. The van der Waals surface area contributed by atoms with Gasteiger partial charge in [0, 0.05) is 63.2 Å². The van der Waals surface area contributed by atoms with Crippen molar-refractivity contribution in [2.24, 2.45) is 0 Å². The van der Waals surface area contributed by atoms with Crippen molar-refractivity contribution in [3.05, 3.63) is 157 Å².